The first kappa shape index (κ1) is 23.0. The molecule has 158 valence electrons. The third-order valence-corrected chi connectivity index (χ3v) is 5.46. The van der Waals surface area contributed by atoms with Gasteiger partial charge in [-0.25, -0.2) is 4.79 Å². The van der Waals surface area contributed by atoms with Crippen molar-refractivity contribution in [2.24, 2.45) is 5.92 Å². The van der Waals surface area contributed by atoms with E-state index in [9.17, 15) is 10.1 Å². The van der Waals surface area contributed by atoms with Crippen molar-refractivity contribution in [3.05, 3.63) is 23.8 Å². The first-order valence-corrected chi connectivity index (χ1v) is 9.82. The van der Waals surface area contributed by atoms with E-state index < -0.39 is 30.0 Å². The quantitative estimate of drug-likeness (QED) is 0.679. The summed E-state index contributed by atoms with van der Waals surface area (Å²) in [5.74, 6) is 0.673. The van der Waals surface area contributed by atoms with Gasteiger partial charge < -0.3 is 24.5 Å². The van der Waals surface area contributed by atoms with Crippen LogP contribution < -0.4 is 15.5 Å². The summed E-state index contributed by atoms with van der Waals surface area (Å²) in [5.41, 5.74) is -0.626. The van der Waals surface area contributed by atoms with Crippen LogP contribution in [0.25, 0.3) is 0 Å². The Balaban J connectivity index is 2.19. The summed E-state index contributed by atoms with van der Waals surface area (Å²) < 4.78 is 18.0. The van der Waals surface area contributed by atoms with E-state index in [1.807, 2.05) is 47.6 Å². The second-order valence-corrected chi connectivity index (χ2v) is 9.33. The average Bonchev–Trinajstić information content (AvgIpc) is 2.79. The first-order chi connectivity index (χ1) is 13.3. The van der Waals surface area contributed by atoms with Crippen LogP contribution in [0.1, 0.15) is 60.5 Å². The molecule has 0 aliphatic carbocycles. The molecule has 2 N–H and O–H groups in total. The van der Waals surface area contributed by atoms with Crippen molar-refractivity contribution in [3.8, 4) is 11.8 Å². The smallest absolute Gasteiger partial charge is 0.490 e. The topological polar surface area (TPSA) is 101 Å². The Hall–Kier alpha value is -2.24. The van der Waals surface area contributed by atoms with Crippen LogP contribution in [0.5, 0.6) is 5.75 Å². The fraction of sp³-hybridized carbons (Fsp3) is 0.619. The normalized spacial score (nSPS) is 19.5. The third kappa shape index (κ3) is 5.43. The number of carbonyl (C=O) groups is 1. The molecule has 29 heavy (non-hydrogen) atoms. The Labute approximate surface area is 173 Å². The number of benzene rings is 1. The van der Waals surface area contributed by atoms with Crippen LogP contribution in [0.4, 0.5) is 4.79 Å². The van der Waals surface area contributed by atoms with Crippen molar-refractivity contribution in [3.63, 3.8) is 0 Å². The lowest BCUT2D eigenvalue weighted by atomic mass is 9.78. The number of nitrogens with one attached hydrogen (secondary N) is 1. The van der Waals surface area contributed by atoms with Crippen LogP contribution in [0.2, 0.25) is 0 Å². The second-order valence-electron chi connectivity index (χ2n) is 9.33. The zero-order valence-electron chi connectivity index (χ0n) is 18.3. The van der Waals surface area contributed by atoms with Crippen LogP contribution in [0.3, 0.4) is 0 Å². The highest BCUT2D eigenvalue weighted by Gasteiger charge is 2.51. The summed E-state index contributed by atoms with van der Waals surface area (Å²) >= 11 is 0. The van der Waals surface area contributed by atoms with E-state index >= 15 is 0 Å². The Kier molecular flexibility index (Phi) is 6.56. The van der Waals surface area contributed by atoms with Crippen molar-refractivity contribution >= 4 is 18.7 Å². The van der Waals surface area contributed by atoms with Gasteiger partial charge in [0.25, 0.3) is 0 Å². The van der Waals surface area contributed by atoms with E-state index in [-0.39, 0.29) is 12.5 Å². The average molecular weight is 402 g/mol. The number of hydrogen-bond donors (Lipinski definition) is 2. The monoisotopic (exact) mass is 402 g/mol. The number of nitriles is 1. The number of ether oxygens (including phenoxy) is 1. The Morgan fingerprint density at radius 2 is 1.90 bits per heavy atom. The highest BCUT2D eigenvalue weighted by atomic mass is 16.7. The minimum Gasteiger partial charge on any atom is -0.490 e. The van der Waals surface area contributed by atoms with Gasteiger partial charge in [-0.3, -0.25) is 0 Å². The minimum absolute atomic E-state index is 0.113. The molecule has 1 saturated heterocycles. The molecular weight excluding hydrogens is 371 g/mol. The molecule has 8 heteroatoms. The van der Waals surface area contributed by atoms with Gasteiger partial charge in [-0.05, 0) is 64.6 Å². The van der Waals surface area contributed by atoms with Crippen LogP contribution >= 0.6 is 0 Å². The van der Waals surface area contributed by atoms with Gasteiger partial charge in [-0.15, -0.1) is 0 Å². The molecule has 7 nitrogen and oxygen atoms in total. The van der Waals surface area contributed by atoms with Crippen LogP contribution in [-0.2, 0) is 9.31 Å². The number of hydrogen-bond acceptors (Lipinski definition) is 5. The molecule has 2 rings (SSSR count). The number of amides is 1. The molecule has 1 aliphatic heterocycles. The molecule has 0 aromatic heterocycles. The lowest BCUT2D eigenvalue weighted by molar-refractivity contribution is 0.00578. The van der Waals surface area contributed by atoms with Gasteiger partial charge in [-0.1, -0.05) is 19.9 Å². The van der Waals surface area contributed by atoms with Crippen LogP contribution in [0.15, 0.2) is 18.2 Å². The molecule has 0 saturated carbocycles. The lowest BCUT2D eigenvalue weighted by Gasteiger charge is -2.32. The number of carboxylic acid groups (broad SMARTS) is 1. The predicted octanol–water partition coefficient (Wildman–Crippen LogP) is 3.31. The predicted molar refractivity (Wildman–Crippen MR) is 111 cm³/mol. The molecule has 1 fully saturated rings. The number of rotatable bonds is 7. The van der Waals surface area contributed by atoms with E-state index in [1.165, 1.54) is 0 Å². The highest BCUT2D eigenvalue weighted by Crippen LogP contribution is 2.36. The summed E-state index contributed by atoms with van der Waals surface area (Å²) in [6.07, 6.45) is -0.499. The van der Waals surface area contributed by atoms with Crippen molar-refractivity contribution in [1.29, 1.82) is 5.26 Å². The fourth-order valence-corrected chi connectivity index (χ4v) is 3.43. The molecule has 1 unspecified atom stereocenters. The molecule has 1 aromatic rings. The van der Waals surface area contributed by atoms with E-state index in [4.69, 9.17) is 19.2 Å². The van der Waals surface area contributed by atoms with Crippen molar-refractivity contribution < 1.29 is 23.9 Å². The van der Waals surface area contributed by atoms with Gasteiger partial charge in [-0.2, -0.15) is 5.26 Å². The Morgan fingerprint density at radius 1 is 1.31 bits per heavy atom. The van der Waals surface area contributed by atoms with Gasteiger partial charge in [0.2, 0.25) is 0 Å². The molecule has 1 aromatic carbocycles. The second kappa shape index (κ2) is 8.25. The molecule has 1 aliphatic rings. The van der Waals surface area contributed by atoms with Crippen LogP contribution in [-0.4, -0.2) is 41.7 Å². The van der Waals surface area contributed by atoms with E-state index in [1.54, 1.807) is 19.1 Å². The summed E-state index contributed by atoms with van der Waals surface area (Å²) in [5, 5.41) is 21.3. The van der Waals surface area contributed by atoms with Gasteiger partial charge in [0.15, 0.2) is 0 Å². The molecule has 0 bridgehead atoms. The van der Waals surface area contributed by atoms with Crippen molar-refractivity contribution in [1.82, 2.24) is 5.32 Å². The number of nitrogens with zero attached hydrogens (tertiary/aromatic N) is 1. The third-order valence-electron chi connectivity index (χ3n) is 5.46. The lowest BCUT2D eigenvalue weighted by Crippen LogP contribution is -2.50. The maximum absolute atomic E-state index is 11.2. The highest BCUT2D eigenvalue weighted by molar-refractivity contribution is 6.62. The van der Waals surface area contributed by atoms with E-state index in [2.05, 4.69) is 11.4 Å². The molecule has 1 atom stereocenters. The van der Waals surface area contributed by atoms with E-state index in [0.29, 0.717) is 17.7 Å². The minimum atomic E-state index is -1.10. The van der Waals surface area contributed by atoms with E-state index in [0.717, 1.165) is 5.46 Å². The maximum Gasteiger partial charge on any atom is 0.494 e. The summed E-state index contributed by atoms with van der Waals surface area (Å²) in [6.45, 7) is 13.8. The maximum atomic E-state index is 11.2. The summed E-state index contributed by atoms with van der Waals surface area (Å²) in [7, 11) is -0.568. The Bertz CT molecular complexity index is 787. The fourth-order valence-electron chi connectivity index (χ4n) is 3.43. The van der Waals surface area contributed by atoms with Crippen molar-refractivity contribution in [2.75, 3.05) is 6.61 Å². The molecule has 1 heterocycles. The molecule has 0 spiro atoms. The molecule has 0 radical (unpaired) electrons. The molecular formula is C21H31BN2O5. The summed E-state index contributed by atoms with van der Waals surface area (Å²) in [6, 6.07) is 7.35. The largest absolute Gasteiger partial charge is 0.494 e. The van der Waals surface area contributed by atoms with Gasteiger partial charge >= 0.3 is 13.2 Å². The standard InChI is InChI=1S/C21H31BN2O5/c1-14(2)11-21(7,24-18(25)26)13-27-17-9-8-16(10-15(17)12-23)22-28-19(3,4)20(5,6)29-22/h8-10,14,24H,11,13H2,1-7H3,(H,25,26). The zero-order chi connectivity index (χ0) is 22.0. The van der Waals surface area contributed by atoms with Crippen LogP contribution in [0, 0.1) is 17.2 Å². The Morgan fingerprint density at radius 3 is 2.38 bits per heavy atom. The van der Waals surface area contributed by atoms with Gasteiger partial charge in [0.05, 0.1) is 22.3 Å². The summed E-state index contributed by atoms with van der Waals surface area (Å²) in [4.78, 5) is 11.2. The zero-order valence-corrected chi connectivity index (χ0v) is 18.3. The van der Waals surface area contributed by atoms with Gasteiger partial charge in [0, 0.05) is 0 Å². The molecule has 1 amide bonds. The first-order valence-electron chi connectivity index (χ1n) is 9.82. The van der Waals surface area contributed by atoms with Crippen molar-refractivity contribution in [2.45, 2.75) is 71.6 Å². The SMILES string of the molecule is CC(C)CC(C)(COc1ccc(B2OC(C)(C)C(C)(C)O2)cc1C#N)NC(=O)O. The van der Waals surface area contributed by atoms with Gasteiger partial charge in [0.1, 0.15) is 18.4 Å².